The van der Waals surface area contributed by atoms with Crippen LogP contribution in [0.5, 0.6) is 0 Å². The van der Waals surface area contributed by atoms with Gasteiger partial charge < -0.3 is 14.7 Å². The summed E-state index contributed by atoms with van der Waals surface area (Å²) in [6.45, 7) is 8.33. The van der Waals surface area contributed by atoms with Crippen LogP contribution in [0.25, 0.3) is 0 Å². The van der Waals surface area contributed by atoms with E-state index >= 15 is 0 Å². The van der Waals surface area contributed by atoms with Gasteiger partial charge in [-0.3, -0.25) is 9.59 Å². The molecule has 0 radical (unpaired) electrons. The number of piperazine rings is 1. The van der Waals surface area contributed by atoms with Gasteiger partial charge in [0.2, 0.25) is 5.91 Å². The summed E-state index contributed by atoms with van der Waals surface area (Å²) in [5.41, 5.74) is 2.80. The Morgan fingerprint density at radius 2 is 1.84 bits per heavy atom. The number of amides is 2. The van der Waals surface area contributed by atoms with Gasteiger partial charge in [-0.05, 0) is 56.5 Å². The number of carbonyl (C=O) groups excluding carboxylic acids is 2. The first-order valence-corrected chi connectivity index (χ1v) is 10.4. The Morgan fingerprint density at radius 3 is 2.42 bits per heavy atom. The Kier molecular flexibility index (Phi) is 6.84. The van der Waals surface area contributed by atoms with Gasteiger partial charge in [-0.2, -0.15) is 0 Å². The van der Waals surface area contributed by atoms with Crippen molar-refractivity contribution in [1.82, 2.24) is 9.88 Å². The second-order valence-electron chi connectivity index (χ2n) is 8.25. The van der Waals surface area contributed by atoms with Crippen LogP contribution < -0.4 is 9.80 Å². The first kappa shape index (κ1) is 23.0. The number of hydrogen-bond acceptors (Lipinski definition) is 4. The molecule has 6 nitrogen and oxygen atoms in total. The maximum Gasteiger partial charge on any atom is 0.256 e. The predicted octanol–water partition coefficient (Wildman–Crippen LogP) is 3.74. The molecule has 2 aliphatic rings. The van der Waals surface area contributed by atoms with Crippen LogP contribution in [-0.4, -0.2) is 53.9 Å². The molecule has 2 fully saturated rings. The molecule has 0 N–H and O–H groups in total. The second kappa shape index (κ2) is 9.22. The number of halogens is 2. The van der Waals surface area contributed by atoms with Gasteiger partial charge in [0.1, 0.15) is 11.6 Å². The van der Waals surface area contributed by atoms with Crippen molar-refractivity contribution < 1.29 is 14.0 Å². The molecule has 166 valence electrons. The number of anilines is 2. The zero-order valence-corrected chi connectivity index (χ0v) is 18.9. The molecule has 8 heteroatoms. The lowest BCUT2D eigenvalue weighted by Crippen LogP contribution is -2.49. The van der Waals surface area contributed by atoms with Crippen LogP contribution in [0.4, 0.5) is 15.9 Å². The number of aromatic nitrogens is 1. The van der Waals surface area contributed by atoms with E-state index in [2.05, 4.69) is 16.0 Å². The minimum Gasteiger partial charge on any atom is -0.353 e. The van der Waals surface area contributed by atoms with Gasteiger partial charge in [0.15, 0.2) is 0 Å². The summed E-state index contributed by atoms with van der Waals surface area (Å²) in [6.07, 6.45) is 3.09. The van der Waals surface area contributed by atoms with Crippen LogP contribution in [0, 0.1) is 19.7 Å². The van der Waals surface area contributed by atoms with Crippen LogP contribution in [0.1, 0.15) is 41.3 Å². The number of nitrogens with zero attached hydrogens (tertiary/aromatic N) is 4. The van der Waals surface area contributed by atoms with E-state index in [1.165, 1.54) is 12.1 Å². The summed E-state index contributed by atoms with van der Waals surface area (Å²) < 4.78 is 14.8. The van der Waals surface area contributed by atoms with E-state index in [0.717, 1.165) is 23.4 Å². The largest absolute Gasteiger partial charge is 0.353 e. The summed E-state index contributed by atoms with van der Waals surface area (Å²) in [4.78, 5) is 35.0. The Labute approximate surface area is 188 Å². The molecular formula is C23H28ClFN4O2. The predicted molar refractivity (Wildman–Crippen MR) is 122 cm³/mol. The molecule has 31 heavy (non-hydrogen) atoms. The van der Waals surface area contributed by atoms with Gasteiger partial charge in [0.25, 0.3) is 5.91 Å². The Bertz CT molecular complexity index is 992. The van der Waals surface area contributed by atoms with Gasteiger partial charge in [0.05, 0.1) is 5.56 Å². The summed E-state index contributed by atoms with van der Waals surface area (Å²) in [6, 6.07) is 6.63. The first-order valence-electron chi connectivity index (χ1n) is 10.4. The minimum atomic E-state index is -0.581. The van der Waals surface area contributed by atoms with E-state index in [4.69, 9.17) is 0 Å². The number of carbonyl (C=O) groups is 2. The smallest absolute Gasteiger partial charge is 0.256 e. The summed E-state index contributed by atoms with van der Waals surface area (Å²) in [5, 5.41) is 0. The van der Waals surface area contributed by atoms with Crippen molar-refractivity contribution >= 4 is 35.7 Å². The van der Waals surface area contributed by atoms with E-state index in [1.54, 1.807) is 15.9 Å². The summed E-state index contributed by atoms with van der Waals surface area (Å²) in [5.74, 6) is 0.0423. The average Bonchev–Trinajstić information content (AvgIpc) is 3.06. The quantitative estimate of drug-likeness (QED) is 0.720. The fraction of sp³-hybridized carbons (Fsp3) is 0.435. The van der Waals surface area contributed by atoms with E-state index in [-0.39, 0.29) is 35.8 Å². The van der Waals surface area contributed by atoms with Gasteiger partial charge in [-0.15, -0.1) is 12.4 Å². The monoisotopic (exact) mass is 446 g/mol. The Balaban J connectivity index is 0.00000272. The number of rotatable bonds is 3. The van der Waals surface area contributed by atoms with Crippen molar-refractivity contribution in [2.75, 3.05) is 36.0 Å². The summed E-state index contributed by atoms with van der Waals surface area (Å²) >= 11 is 0. The lowest BCUT2D eigenvalue weighted by molar-refractivity contribution is -0.117. The van der Waals surface area contributed by atoms with Crippen molar-refractivity contribution in [2.45, 2.75) is 39.7 Å². The SMILES string of the molecule is Cc1cnc(N2CCN(C(=O)c3ccc(N4C(=O)CCC4C)cc3F)CC2)c(C)c1.Cl. The van der Waals surface area contributed by atoms with Crippen LogP contribution in [0.3, 0.4) is 0 Å². The lowest BCUT2D eigenvalue weighted by Gasteiger charge is -2.36. The average molecular weight is 447 g/mol. The number of hydrogen-bond donors (Lipinski definition) is 0. The third-order valence-electron chi connectivity index (χ3n) is 6.00. The highest BCUT2D eigenvalue weighted by atomic mass is 35.5. The highest BCUT2D eigenvalue weighted by molar-refractivity contribution is 5.98. The molecule has 2 saturated heterocycles. The molecule has 4 rings (SSSR count). The maximum absolute atomic E-state index is 14.8. The fourth-order valence-electron chi connectivity index (χ4n) is 4.38. The Morgan fingerprint density at radius 1 is 1.13 bits per heavy atom. The van der Waals surface area contributed by atoms with Crippen LogP contribution >= 0.6 is 12.4 Å². The zero-order valence-electron chi connectivity index (χ0n) is 18.1. The van der Waals surface area contributed by atoms with Crippen LogP contribution in [0.15, 0.2) is 30.5 Å². The molecular weight excluding hydrogens is 419 g/mol. The number of benzene rings is 1. The van der Waals surface area contributed by atoms with Crippen molar-refractivity contribution in [2.24, 2.45) is 0 Å². The number of pyridine rings is 1. The molecule has 3 heterocycles. The fourth-order valence-corrected chi connectivity index (χ4v) is 4.38. The Hall–Kier alpha value is -2.67. The molecule has 0 spiro atoms. The molecule has 2 aliphatic heterocycles. The molecule has 1 atom stereocenters. The highest BCUT2D eigenvalue weighted by Crippen LogP contribution is 2.28. The number of aryl methyl sites for hydroxylation is 2. The molecule has 2 aromatic rings. The molecule has 1 aromatic heterocycles. The third-order valence-corrected chi connectivity index (χ3v) is 6.00. The van der Waals surface area contributed by atoms with Crippen molar-refractivity contribution in [3.05, 3.63) is 53.0 Å². The van der Waals surface area contributed by atoms with Gasteiger partial charge in [-0.25, -0.2) is 9.37 Å². The topological polar surface area (TPSA) is 56.8 Å². The molecule has 0 saturated carbocycles. The minimum absolute atomic E-state index is 0. The van der Waals surface area contributed by atoms with E-state index < -0.39 is 5.82 Å². The molecule has 1 unspecified atom stereocenters. The standard InChI is InChI=1S/C23H27FN4O2.ClH/c1-15-12-16(2)22(25-14-15)26-8-10-27(11-9-26)23(30)19-6-5-18(13-20(19)24)28-17(3)4-7-21(28)29;/h5-6,12-14,17H,4,7-11H2,1-3H3;1H. The van der Waals surface area contributed by atoms with Crippen LogP contribution in [-0.2, 0) is 4.79 Å². The highest BCUT2D eigenvalue weighted by Gasteiger charge is 2.30. The van der Waals surface area contributed by atoms with Gasteiger partial charge in [-0.1, -0.05) is 6.07 Å². The van der Waals surface area contributed by atoms with Crippen LogP contribution in [0.2, 0.25) is 0 Å². The van der Waals surface area contributed by atoms with Gasteiger partial charge in [0, 0.05) is 50.5 Å². The van der Waals surface area contributed by atoms with Crippen molar-refractivity contribution in [1.29, 1.82) is 0 Å². The zero-order chi connectivity index (χ0) is 21.4. The maximum atomic E-state index is 14.8. The normalized spacial score (nSPS) is 18.9. The van der Waals surface area contributed by atoms with E-state index in [0.29, 0.717) is 38.3 Å². The lowest BCUT2D eigenvalue weighted by atomic mass is 10.1. The second-order valence-corrected chi connectivity index (χ2v) is 8.25. The molecule has 1 aromatic carbocycles. The molecule has 2 amide bonds. The van der Waals surface area contributed by atoms with Crippen molar-refractivity contribution in [3.8, 4) is 0 Å². The molecule has 0 aliphatic carbocycles. The third kappa shape index (κ3) is 4.51. The van der Waals surface area contributed by atoms with Crippen molar-refractivity contribution in [3.63, 3.8) is 0 Å². The van der Waals surface area contributed by atoms with E-state index in [9.17, 15) is 14.0 Å². The van der Waals surface area contributed by atoms with E-state index in [1.807, 2.05) is 27.0 Å². The first-order chi connectivity index (χ1) is 14.3. The van der Waals surface area contributed by atoms with Gasteiger partial charge >= 0.3 is 0 Å². The molecule has 0 bridgehead atoms. The summed E-state index contributed by atoms with van der Waals surface area (Å²) in [7, 11) is 0.